The van der Waals surface area contributed by atoms with E-state index in [-0.39, 0.29) is 11.6 Å². The maximum atomic E-state index is 10.7. The van der Waals surface area contributed by atoms with E-state index in [4.69, 9.17) is 4.42 Å². The molecule has 0 bridgehead atoms. The fraction of sp³-hybridized carbons (Fsp3) is 0.190. The Bertz CT molecular complexity index is 1030. The van der Waals surface area contributed by atoms with Crippen LogP contribution in [0, 0.1) is 6.92 Å². The molecule has 0 fully saturated rings. The molecule has 0 aliphatic carbocycles. The predicted octanol–water partition coefficient (Wildman–Crippen LogP) is 4.42. The third-order valence-electron chi connectivity index (χ3n) is 4.60. The van der Waals surface area contributed by atoms with Gasteiger partial charge in [-0.2, -0.15) is 0 Å². The van der Waals surface area contributed by atoms with Crippen LogP contribution < -0.4 is 0 Å². The number of aromatic nitrogens is 3. The van der Waals surface area contributed by atoms with Gasteiger partial charge in [0.15, 0.2) is 11.5 Å². The summed E-state index contributed by atoms with van der Waals surface area (Å²) < 4.78 is 9.53. The first-order valence-corrected chi connectivity index (χ1v) is 8.87. The van der Waals surface area contributed by atoms with Gasteiger partial charge in [0.1, 0.15) is 5.76 Å². The maximum Gasteiger partial charge on any atom is 0.235 e. The second-order valence-corrected chi connectivity index (χ2v) is 6.48. The van der Waals surface area contributed by atoms with Crippen LogP contribution in [0.15, 0.2) is 65.6 Å². The average molecular weight is 363 g/mol. The molecule has 3 aromatic heterocycles. The van der Waals surface area contributed by atoms with Crippen molar-refractivity contribution in [1.29, 1.82) is 0 Å². The van der Waals surface area contributed by atoms with Crippen LogP contribution >= 0.6 is 0 Å². The first-order valence-electron chi connectivity index (χ1n) is 8.87. The zero-order valence-corrected chi connectivity index (χ0v) is 15.0. The highest BCUT2D eigenvalue weighted by Gasteiger charge is 2.26. The zero-order chi connectivity index (χ0) is 18.8. The summed E-state index contributed by atoms with van der Waals surface area (Å²) in [6.45, 7) is 3.16. The van der Waals surface area contributed by atoms with E-state index in [0.29, 0.717) is 23.6 Å². The van der Waals surface area contributed by atoms with Gasteiger partial charge in [-0.3, -0.25) is 0 Å². The van der Waals surface area contributed by atoms with Gasteiger partial charge in [0, 0.05) is 25.5 Å². The summed E-state index contributed by atoms with van der Waals surface area (Å²) in [5.41, 5.74) is 2.07. The molecule has 4 rings (SSSR count). The van der Waals surface area contributed by atoms with Crippen LogP contribution in [0.3, 0.4) is 0 Å². The topological polar surface area (TPSA) is 76.3 Å². The number of aryl methyl sites for hydroxylation is 2. The monoisotopic (exact) mass is 363 g/mol. The third-order valence-corrected chi connectivity index (χ3v) is 4.60. The van der Waals surface area contributed by atoms with Gasteiger partial charge < -0.3 is 23.8 Å². The summed E-state index contributed by atoms with van der Waals surface area (Å²) in [5.74, 6) is 1.11. The van der Waals surface area contributed by atoms with Crippen LogP contribution in [0.2, 0.25) is 0 Å². The Morgan fingerprint density at radius 2 is 1.85 bits per heavy atom. The number of benzene rings is 1. The Morgan fingerprint density at radius 3 is 2.52 bits per heavy atom. The first kappa shape index (κ1) is 17.0. The standard InChI is InChI=1S/C21H21N3O3/c1-15-8-9-17(27-15)19-18(16-6-3-2-4-7-16)20(25)21(26)24(19)12-5-11-23-13-10-22-14-23/h2-4,6-10,13-14,25-26H,5,11-12H2,1H3. The molecule has 0 atom stereocenters. The summed E-state index contributed by atoms with van der Waals surface area (Å²) in [6.07, 6.45) is 6.17. The van der Waals surface area contributed by atoms with Crippen molar-refractivity contribution < 1.29 is 14.6 Å². The minimum absolute atomic E-state index is 0.132. The van der Waals surface area contributed by atoms with E-state index in [9.17, 15) is 10.2 Å². The number of aromatic hydroxyl groups is 2. The van der Waals surface area contributed by atoms with Crippen LogP contribution in [0.25, 0.3) is 22.6 Å². The molecule has 0 saturated heterocycles. The van der Waals surface area contributed by atoms with Gasteiger partial charge in [-0.1, -0.05) is 30.3 Å². The van der Waals surface area contributed by atoms with E-state index in [2.05, 4.69) is 4.98 Å². The minimum Gasteiger partial charge on any atom is -0.503 e. The summed E-state index contributed by atoms with van der Waals surface area (Å²) in [5, 5.41) is 21.3. The molecule has 3 heterocycles. The van der Waals surface area contributed by atoms with Crippen molar-refractivity contribution in [3.05, 3.63) is 66.9 Å². The minimum atomic E-state index is -0.150. The SMILES string of the molecule is Cc1ccc(-c2c(-c3ccccc3)c(O)c(O)n2CCCn2ccnc2)o1. The molecule has 6 heteroatoms. The normalized spacial score (nSPS) is 11.1. The smallest absolute Gasteiger partial charge is 0.235 e. The number of furan rings is 1. The van der Waals surface area contributed by atoms with Crippen molar-refractivity contribution in [1.82, 2.24) is 14.1 Å². The molecular weight excluding hydrogens is 342 g/mol. The van der Waals surface area contributed by atoms with E-state index in [1.165, 1.54) is 0 Å². The third kappa shape index (κ3) is 3.21. The number of hydrogen-bond donors (Lipinski definition) is 2. The molecule has 0 radical (unpaired) electrons. The highest BCUT2D eigenvalue weighted by Crippen LogP contribution is 2.47. The maximum absolute atomic E-state index is 10.7. The van der Waals surface area contributed by atoms with Crippen molar-refractivity contribution in [2.24, 2.45) is 0 Å². The average Bonchev–Trinajstić information content (AvgIpc) is 3.39. The number of rotatable bonds is 6. The summed E-state index contributed by atoms with van der Waals surface area (Å²) in [4.78, 5) is 4.04. The quantitative estimate of drug-likeness (QED) is 0.532. The van der Waals surface area contributed by atoms with E-state index in [0.717, 1.165) is 24.3 Å². The van der Waals surface area contributed by atoms with Gasteiger partial charge in [0.2, 0.25) is 5.88 Å². The van der Waals surface area contributed by atoms with Crippen molar-refractivity contribution in [2.75, 3.05) is 0 Å². The summed E-state index contributed by atoms with van der Waals surface area (Å²) in [7, 11) is 0. The van der Waals surface area contributed by atoms with Crippen molar-refractivity contribution in [2.45, 2.75) is 26.4 Å². The highest BCUT2D eigenvalue weighted by molar-refractivity contribution is 5.87. The van der Waals surface area contributed by atoms with Crippen LogP contribution in [0.4, 0.5) is 0 Å². The van der Waals surface area contributed by atoms with Crippen molar-refractivity contribution >= 4 is 0 Å². The predicted molar refractivity (Wildman–Crippen MR) is 102 cm³/mol. The van der Waals surface area contributed by atoms with Gasteiger partial charge in [-0.25, -0.2) is 4.98 Å². The van der Waals surface area contributed by atoms with E-state index in [1.807, 2.05) is 60.2 Å². The molecule has 0 aliphatic heterocycles. The Balaban J connectivity index is 1.77. The molecule has 4 aromatic rings. The van der Waals surface area contributed by atoms with Gasteiger partial charge in [-0.05, 0) is 31.0 Å². The Morgan fingerprint density at radius 1 is 1.04 bits per heavy atom. The molecule has 6 nitrogen and oxygen atoms in total. The molecular formula is C21H21N3O3. The summed E-state index contributed by atoms with van der Waals surface area (Å²) in [6, 6.07) is 13.3. The fourth-order valence-electron chi connectivity index (χ4n) is 3.34. The molecule has 0 saturated carbocycles. The largest absolute Gasteiger partial charge is 0.503 e. The van der Waals surface area contributed by atoms with Gasteiger partial charge in [-0.15, -0.1) is 0 Å². The number of hydrogen-bond acceptors (Lipinski definition) is 4. The molecule has 1 aromatic carbocycles. The van der Waals surface area contributed by atoms with E-state index in [1.54, 1.807) is 17.1 Å². The lowest BCUT2D eigenvalue weighted by molar-refractivity contribution is 0.368. The Hall–Kier alpha value is -3.41. The highest BCUT2D eigenvalue weighted by atomic mass is 16.3. The molecule has 2 N–H and O–H groups in total. The lowest BCUT2D eigenvalue weighted by Crippen LogP contribution is -2.04. The van der Waals surface area contributed by atoms with Crippen molar-refractivity contribution in [3.8, 4) is 34.2 Å². The second kappa shape index (κ2) is 7.07. The van der Waals surface area contributed by atoms with E-state index < -0.39 is 0 Å². The number of nitrogens with zero attached hydrogens (tertiary/aromatic N) is 3. The fourth-order valence-corrected chi connectivity index (χ4v) is 3.34. The van der Waals surface area contributed by atoms with Gasteiger partial charge >= 0.3 is 0 Å². The van der Waals surface area contributed by atoms with Crippen LogP contribution in [0.5, 0.6) is 11.6 Å². The lowest BCUT2D eigenvalue weighted by Gasteiger charge is -2.10. The molecule has 0 amide bonds. The first-order chi connectivity index (χ1) is 13.1. The zero-order valence-electron chi connectivity index (χ0n) is 15.0. The van der Waals surface area contributed by atoms with Crippen LogP contribution in [-0.4, -0.2) is 24.3 Å². The Labute approximate surface area is 157 Å². The molecule has 27 heavy (non-hydrogen) atoms. The van der Waals surface area contributed by atoms with Crippen LogP contribution in [0.1, 0.15) is 12.2 Å². The van der Waals surface area contributed by atoms with Gasteiger partial charge in [0.05, 0.1) is 17.6 Å². The second-order valence-electron chi connectivity index (χ2n) is 6.48. The molecule has 0 aliphatic rings. The van der Waals surface area contributed by atoms with Crippen LogP contribution in [-0.2, 0) is 13.1 Å². The molecule has 138 valence electrons. The lowest BCUT2D eigenvalue weighted by atomic mass is 10.0. The summed E-state index contributed by atoms with van der Waals surface area (Å²) >= 11 is 0. The number of imidazole rings is 1. The Kier molecular flexibility index (Phi) is 4.46. The van der Waals surface area contributed by atoms with E-state index >= 15 is 0 Å². The molecule has 0 spiro atoms. The molecule has 0 unspecified atom stereocenters. The van der Waals surface area contributed by atoms with Gasteiger partial charge in [0.25, 0.3) is 0 Å². The van der Waals surface area contributed by atoms with Crippen molar-refractivity contribution in [3.63, 3.8) is 0 Å².